The molecule has 0 atom stereocenters. The van der Waals surface area contributed by atoms with Crippen LogP contribution in [0.3, 0.4) is 0 Å². The van der Waals surface area contributed by atoms with E-state index in [4.69, 9.17) is 0 Å². The number of hydrogen-bond donors (Lipinski definition) is 2. The molecule has 6 rings (SSSR count). The highest BCUT2D eigenvalue weighted by Gasteiger charge is 2.30. The molecule has 36 heavy (non-hydrogen) atoms. The van der Waals surface area contributed by atoms with Crippen molar-refractivity contribution in [1.29, 1.82) is 0 Å². The molecular formula is C26H23F3N6O. The molecule has 5 aromatic rings. The number of alkyl halides is 3. The maximum atomic E-state index is 13.1. The van der Waals surface area contributed by atoms with E-state index in [0.29, 0.717) is 23.4 Å². The third-order valence-corrected chi connectivity index (χ3v) is 6.82. The molecule has 3 heterocycles. The average Bonchev–Trinajstić information content (AvgIpc) is 3.53. The monoisotopic (exact) mass is 492 g/mol. The van der Waals surface area contributed by atoms with Gasteiger partial charge in [0.1, 0.15) is 0 Å². The molecule has 0 spiro atoms. The van der Waals surface area contributed by atoms with Gasteiger partial charge in [0.2, 0.25) is 0 Å². The van der Waals surface area contributed by atoms with Crippen LogP contribution in [0.1, 0.15) is 45.7 Å². The fourth-order valence-electron chi connectivity index (χ4n) is 5.06. The Morgan fingerprint density at radius 1 is 1.08 bits per heavy atom. The van der Waals surface area contributed by atoms with Gasteiger partial charge in [0, 0.05) is 41.0 Å². The summed E-state index contributed by atoms with van der Waals surface area (Å²) in [5.74, 6) is -0.219. The molecule has 1 amide bonds. The van der Waals surface area contributed by atoms with Gasteiger partial charge in [0.25, 0.3) is 5.91 Å². The Labute approximate surface area is 203 Å². The number of amides is 1. The summed E-state index contributed by atoms with van der Waals surface area (Å²) >= 11 is 0. The molecule has 0 unspecified atom stereocenters. The van der Waals surface area contributed by atoms with Crippen LogP contribution in [-0.2, 0) is 32.6 Å². The third-order valence-electron chi connectivity index (χ3n) is 6.82. The zero-order valence-corrected chi connectivity index (χ0v) is 19.5. The number of H-pyrrole nitrogens is 1. The van der Waals surface area contributed by atoms with E-state index >= 15 is 0 Å². The molecule has 1 aliphatic rings. The van der Waals surface area contributed by atoms with Crippen molar-refractivity contribution in [2.24, 2.45) is 7.05 Å². The number of aromatic amines is 1. The lowest BCUT2D eigenvalue weighted by atomic mass is 9.96. The summed E-state index contributed by atoms with van der Waals surface area (Å²) < 4.78 is 42.6. The van der Waals surface area contributed by atoms with Crippen molar-refractivity contribution < 1.29 is 18.0 Å². The van der Waals surface area contributed by atoms with E-state index in [1.165, 1.54) is 17.7 Å². The highest BCUT2D eigenvalue weighted by atomic mass is 19.4. The normalized spacial score (nSPS) is 13.9. The minimum atomic E-state index is -4.41. The molecule has 0 saturated carbocycles. The van der Waals surface area contributed by atoms with Gasteiger partial charge in [0.05, 0.1) is 23.3 Å². The lowest BCUT2D eigenvalue weighted by Gasteiger charge is -2.12. The van der Waals surface area contributed by atoms with Crippen LogP contribution in [0.4, 0.5) is 13.2 Å². The maximum Gasteiger partial charge on any atom is 0.416 e. The number of carbonyl (C=O) groups is 1. The van der Waals surface area contributed by atoms with Gasteiger partial charge in [-0.2, -0.15) is 23.4 Å². The molecule has 184 valence electrons. The summed E-state index contributed by atoms with van der Waals surface area (Å²) in [6, 6.07) is 10.3. The Hall–Kier alpha value is -4.08. The number of carbonyl (C=O) groups excluding carboxylic acids is 1. The molecule has 0 aliphatic heterocycles. The van der Waals surface area contributed by atoms with Crippen molar-refractivity contribution in [3.63, 3.8) is 0 Å². The number of rotatable bonds is 4. The molecule has 0 bridgehead atoms. The second kappa shape index (κ2) is 8.25. The standard InChI is InChI=1S/C26H23F3N6O/c1-34-14-20-19-12-15(25(36)30-13-22-18-4-2-3-5-21(18)31-32-22)6-11-23(19)35(24(20)33-34)17-9-7-16(8-10-17)26(27,28)29/h6-12,14H,2-5,13H2,1H3,(H,30,36)(H,31,32). The average molecular weight is 493 g/mol. The van der Waals surface area contributed by atoms with Crippen LogP contribution in [0.25, 0.3) is 27.6 Å². The fraction of sp³-hybridized carbons (Fsp3) is 0.269. The first-order chi connectivity index (χ1) is 17.3. The van der Waals surface area contributed by atoms with E-state index in [2.05, 4.69) is 20.6 Å². The van der Waals surface area contributed by atoms with Crippen molar-refractivity contribution in [2.75, 3.05) is 0 Å². The van der Waals surface area contributed by atoms with E-state index in [1.807, 2.05) is 10.8 Å². The van der Waals surface area contributed by atoms with Crippen molar-refractivity contribution >= 4 is 27.8 Å². The maximum absolute atomic E-state index is 13.1. The predicted molar refractivity (Wildman–Crippen MR) is 129 cm³/mol. The number of nitrogens with zero attached hydrogens (tertiary/aromatic N) is 4. The smallest absolute Gasteiger partial charge is 0.346 e. The SMILES string of the molecule is Cn1cc2c3cc(C(=O)NCc4n[nH]c5c4CCCC5)ccc3n(-c3ccc(C(F)(F)F)cc3)c2n1. The molecule has 10 heteroatoms. The van der Waals surface area contributed by atoms with Gasteiger partial charge in [-0.05, 0) is 73.7 Å². The summed E-state index contributed by atoms with van der Waals surface area (Å²) in [5.41, 5.74) is 4.95. The Morgan fingerprint density at radius 2 is 1.86 bits per heavy atom. The Morgan fingerprint density at radius 3 is 2.64 bits per heavy atom. The molecule has 0 saturated heterocycles. The second-order valence-electron chi connectivity index (χ2n) is 9.17. The molecule has 2 N–H and O–H groups in total. The first kappa shape index (κ1) is 22.4. The van der Waals surface area contributed by atoms with Gasteiger partial charge >= 0.3 is 6.18 Å². The zero-order chi connectivity index (χ0) is 25.0. The molecule has 1 aliphatic carbocycles. The van der Waals surface area contributed by atoms with Crippen LogP contribution in [0.15, 0.2) is 48.7 Å². The van der Waals surface area contributed by atoms with Crippen molar-refractivity contribution in [2.45, 2.75) is 38.4 Å². The van der Waals surface area contributed by atoms with E-state index in [9.17, 15) is 18.0 Å². The molecule has 3 aromatic heterocycles. The fourth-order valence-corrected chi connectivity index (χ4v) is 5.06. The van der Waals surface area contributed by atoms with Crippen molar-refractivity contribution in [1.82, 2.24) is 29.9 Å². The Kier molecular flexibility index (Phi) is 5.13. The van der Waals surface area contributed by atoms with E-state index in [-0.39, 0.29) is 5.91 Å². The van der Waals surface area contributed by atoms with Crippen LogP contribution < -0.4 is 5.32 Å². The number of benzene rings is 2. The molecule has 2 aromatic carbocycles. The number of halogens is 3. The van der Waals surface area contributed by atoms with Crippen LogP contribution >= 0.6 is 0 Å². The number of nitrogens with one attached hydrogen (secondary N) is 2. The van der Waals surface area contributed by atoms with Gasteiger partial charge in [0.15, 0.2) is 5.65 Å². The van der Waals surface area contributed by atoms with E-state index in [0.717, 1.165) is 65.5 Å². The number of fused-ring (bicyclic) bond motifs is 4. The van der Waals surface area contributed by atoms with Gasteiger partial charge in [-0.15, -0.1) is 0 Å². The summed E-state index contributed by atoms with van der Waals surface area (Å²) in [4.78, 5) is 13.0. The first-order valence-corrected chi connectivity index (χ1v) is 11.8. The lowest BCUT2D eigenvalue weighted by molar-refractivity contribution is -0.137. The molecule has 0 radical (unpaired) electrons. The minimum absolute atomic E-state index is 0.219. The first-order valence-electron chi connectivity index (χ1n) is 11.8. The van der Waals surface area contributed by atoms with Crippen LogP contribution in [0.5, 0.6) is 0 Å². The van der Waals surface area contributed by atoms with Gasteiger partial charge in [-0.25, -0.2) is 0 Å². The number of aromatic nitrogens is 5. The van der Waals surface area contributed by atoms with Crippen molar-refractivity contribution in [3.8, 4) is 5.69 Å². The van der Waals surface area contributed by atoms with Gasteiger partial charge in [-0.1, -0.05) is 0 Å². The van der Waals surface area contributed by atoms with Crippen molar-refractivity contribution in [3.05, 3.63) is 76.7 Å². The van der Waals surface area contributed by atoms with E-state index in [1.54, 1.807) is 29.9 Å². The van der Waals surface area contributed by atoms with Crippen LogP contribution in [-0.4, -0.2) is 30.5 Å². The summed E-state index contributed by atoms with van der Waals surface area (Å²) in [6.45, 7) is 0.345. The molecular weight excluding hydrogens is 469 g/mol. The summed E-state index contributed by atoms with van der Waals surface area (Å²) in [7, 11) is 1.78. The second-order valence-corrected chi connectivity index (χ2v) is 9.17. The number of aryl methyl sites for hydroxylation is 2. The largest absolute Gasteiger partial charge is 0.416 e. The highest BCUT2D eigenvalue weighted by Crippen LogP contribution is 2.34. The summed E-state index contributed by atoms with van der Waals surface area (Å²) in [5, 5.41) is 16.6. The number of hydrogen-bond acceptors (Lipinski definition) is 3. The van der Waals surface area contributed by atoms with Gasteiger partial charge < -0.3 is 5.32 Å². The molecule has 0 fully saturated rings. The Balaban J connectivity index is 1.34. The minimum Gasteiger partial charge on any atom is -0.346 e. The predicted octanol–water partition coefficient (Wildman–Crippen LogP) is 5.07. The zero-order valence-electron chi connectivity index (χ0n) is 19.5. The highest BCUT2D eigenvalue weighted by molar-refractivity contribution is 6.10. The van der Waals surface area contributed by atoms with Gasteiger partial charge in [-0.3, -0.25) is 19.1 Å². The molecule has 7 nitrogen and oxygen atoms in total. The lowest BCUT2D eigenvalue weighted by Crippen LogP contribution is -2.23. The quantitative estimate of drug-likeness (QED) is 0.368. The Bertz CT molecular complexity index is 1610. The van der Waals surface area contributed by atoms with E-state index < -0.39 is 11.7 Å². The topological polar surface area (TPSA) is 80.5 Å². The van der Waals surface area contributed by atoms with Crippen LogP contribution in [0.2, 0.25) is 0 Å². The summed E-state index contributed by atoms with van der Waals surface area (Å²) in [6.07, 6.45) is 1.67. The third kappa shape index (κ3) is 3.73. The van der Waals surface area contributed by atoms with Crippen LogP contribution in [0, 0.1) is 0 Å².